The van der Waals surface area contributed by atoms with E-state index in [2.05, 4.69) is 20.4 Å². The van der Waals surface area contributed by atoms with Crippen LogP contribution in [0, 0.1) is 6.92 Å². The van der Waals surface area contributed by atoms with Crippen molar-refractivity contribution >= 4 is 40.5 Å². The summed E-state index contributed by atoms with van der Waals surface area (Å²) in [5.41, 5.74) is 1.20. The minimum atomic E-state index is -4.59. The van der Waals surface area contributed by atoms with Gasteiger partial charge in [-0.3, -0.25) is 14.4 Å². The molecule has 2 amide bonds. The van der Waals surface area contributed by atoms with E-state index in [1.54, 1.807) is 22.5 Å². The van der Waals surface area contributed by atoms with Gasteiger partial charge in [-0.15, -0.1) is 5.10 Å². The highest BCUT2D eigenvalue weighted by atomic mass is 35.5. The minimum Gasteiger partial charge on any atom is -0.377 e. The number of carbonyl (C=O) groups excluding carboxylic acids is 2. The first kappa shape index (κ1) is 31.9. The number of nitrogens with one attached hydrogen (secondary N) is 1. The average Bonchev–Trinajstić information content (AvgIpc) is 3.67. The van der Waals surface area contributed by atoms with Crippen LogP contribution in [0.15, 0.2) is 41.5 Å². The molecule has 1 aromatic carbocycles. The maximum Gasteiger partial charge on any atom is 0.416 e. The first-order chi connectivity index (χ1) is 22.9. The van der Waals surface area contributed by atoms with Gasteiger partial charge in [-0.05, 0) is 68.9 Å². The van der Waals surface area contributed by atoms with Gasteiger partial charge in [-0.25, -0.2) is 9.97 Å². The summed E-state index contributed by atoms with van der Waals surface area (Å²) in [4.78, 5) is 55.6. The number of hydrogen-bond acceptors (Lipinski definition) is 8. The zero-order chi connectivity index (χ0) is 33.8. The molecule has 7 rings (SSSR count). The van der Waals surface area contributed by atoms with E-state index in [0.717, 1.165) is 23.8 Å². The van der Waals surface area contributed by atoms with Crippen LogP contribution in [0.1, 0.15) is 64.5 Å². The van der Waals surface area contributed by atoms with Gasteiger partial charge in [0.1, 0.15) is 18.6 Å². The Balaban J connectivity index is 1.23. The lowest BCUT2D eigenvalue weighted by Crippen LogP contribution is -2.46. The van der Waals surface area contributed by atoms with Crippen LogP contribution in [-0.2, 0) is 34.1 Å². The standard InChI is InChI=1S/C32H30ClF3N8O4/c1-18-14-23(38-17-37-18)28(46)42-10-8-31(9-11-42)7-4-24-26(31)29(47)44-30(40-27(41-44)19-5-12-48-13-6-19)43(24)16-25(45)39-22-3-2-20(15-21(22)33)32(34,35)36/h2-3,5,14-15,17H,4,6-13,16H2,1H3,(H,39,45). The maximum absolute atomic E-state index is 14.2. The van der Waals surface area contributed by atoms with Crippen molar-refractivity contribution in [2.24, 2.45) is 0 Å². The number of ether oxygens (including phenoxy) is 1. The normalized spacial score (nSPS) is 17.4. The van der Waals surface area contributed by atoms with Gasteiger partial charge in [-0.2, -0.15) is 22.7 Å². The van der Waals surface area contributed by atoms with Gasteiger partial charge >= 0.3 is 6.18 Å². The van der Waals surface area contributed by atoms with Crippen LogP contribution in [0.4, 0.5) is 18.9 Å². The lowest BCUT2D eigenvalue weighted by molar-refractivity contribution is -0.137. The Kier molecular flexibility index (Phi) is 8.06. The number of halogens is 4. The van der Waals surface area contributed by atoms with Gasteiger partial charge in [0.2, 0.25) is 11.7 Å². The molecule has 1 spiro atoms. The van der Waals surface area contributed by atoms with Crippen molar-refractivity contribution in [2.75, 3.05) is 31.6 Å². The molecule has 0 radical (unpaired) electrons. The summed E-state index contributed by atoms with van der Waals surface area (Å²) in [6, 6.07) is 4.35. The van der Waals surface area contributed by atoms with Crippen molar-refractivity contribution in [3.63, 3.8) is 0 Å². The second-order valence-corrected chi connectivity index (χ2v) is 12.7. The van der Waals surface area contributed by atoms with Crippen molar-refractivity contribution < 1.29 is 27.5 Å². The van der Waals surface area contributed by atoms with Gasteiger partial charge in [0, 0.05) is 35.5 Å². The fourth-order valence-electron chi connectivity index (χ4n) is 6.91. The predicted molar refractivity (Wildman–Crippen MR) is 168 cm³/mol. The molecule has 12 nitrogen and oxygen atoms in total. The highest BCUT2D eigenvalue weighted by molar-refractivity contribution is 6.33. The monoisotopic (exact) mass is 682 g/mol. The number of carbonyl (C=O) groups is 2. The van der Waals surface area contributed by atoms with Gasteiger partial charge in [0.15, 0.2) is 5.82 Å². The van der Waals surface area contributed by atoms with Crippen LogP contribution in [0.25, 0.3) is 11.4 Å². The number of piperidine rings is 1. The fourth-order valence-corrected chi connectivity index (χ4v) is 7.13. The lowest BCUT2D eigenvalue weighted by Gasteiger charge is -2.39. The molecule has 16 heteroatoms. The second kappa shape index (κ2) is 12.1. The minimum absolute atomic E-state index is 0.0188. The first-order valence-corrected chi connectivity index (χ1v) is 15.9. The number of anilines is 1. The summed E-state index contributed by atoms with van der Waals surface area (Å²) in [5, 5.41) is 6.94. The van der Waals surface area contributed by atoms with Crippen LogP contribution in [0.2, 0.25) is 5.02 Å². The summed E-state index contributed by atoms with van der Waals surface area (Å²) in [6.45, 7) is 3.16. The van der Waals surface area contributed by atoms with E-state index in [1.165, 1.54) is 10.8 Å². The van der Waals surface area contributed by atoms with Crippen molar-refractivity contribution in [3.05, 3.63) is 86.1 Å². The molecule has 1 aliphatic carbocycles. The molecule has 3 aliphatic rings. The average molecular weight is 683 g/mol. The van der Waals surface area contributed by atoms with Crippen molar-refractivity contribution in [1.82, 2.24) is 34.0 Å². The van der Waals surface area contributed by atoms with Crippen LogP contribution in [0.3, 0.4) is 0 Å². The number of aryl methyl sites for hydroxylation is 1. The fraction of sp³-hybridized carbons (Fsp3) is 0.406. The van der Waals surface area contributed by atoms with Gasteiger partial charge < -0.3 is 19.5 Å². The molecule has 5 heterocycles. The molecule has 1 N–H and O–H groups in total. The summed E-state index contributed by atoms with van der Waals surface area (Å²) >= 11 is 6.12. The van der Waals surface area contributed by atoms with Crippen LogP contribution < -0.4 is 10.9 Å². The molecular formula is C32H30ClF3N8O4. The molecule has 0 bridgehead atoms. The second-order valence-electron chi connectivity index (χ2n) is 12.3. The SMILES string of the molecule is Cc1cc(C(=O)N2CCC3(CCc4c3c(=O)n3nc(C5=CCOCC5)nc3n4CC(=O)Nc3ccc(C(F)(F)F)cc3Cl)CC2)ncn1. The third kappa shape index (κ3) is 5.74. The van der Waals surface area contributed by atoms with E-state index in [0.29, 0.717) is 86.9 Å². The van der Waals surface area contributed by atoms with E-state index >= 15 is 0 Å². The Morgan fingerprint density at radius 2 is 1.90 bits per heavy atom. The van der Waals surface area contributed by atoms with Crippen LogP contribution in [-0.4, -0.2) is 72.2 Å². The number of alkyl halides is 3. The largest absolute Gasteiger partial charge is 0.416 e. The zero-order valence-corrected chi connectivity index (χ0v) is 26.6. The summed E-state index contributed by atoms with van der Waals surface area (Å²) in [7, 11) is 0. The Bertz CT molecular complexity index is 2050. The smallest absolute Gasteiger partial charge is 0.377 e. The molecule has 3 aromatic heterocycles. The Morgan fingerprint density at radius 3 is 2.58 bits per heavy atom. The third-order valence-electron chi connectivity index (χ3n) is 9.38. The number of likely N-dealkylation sites (tertiary alicyclic amines) is 1. The maximum atomic E-state index is 14.2. The van der Waals surface area contributed by atoms with Crippen LogP contribution in [0.5, 0.6) is 0 Å². The summed E-state index contributed by atoms with van der Waals surface area (Å²) in [6.07, 6.45) is 1.33. The number of aromatic nitrogens is 6. The molecule has 0 unspecified atom stereocenters. The van der Waals surface area contributed by atoms with E-state index in [1.807, 2.05) is 6.08 Å². The van der Waals surface area contributed by atoms with Gasteiger partial charge in [0.25, 0.3) is 11.5 Å². The number of nitrogens with zero attached hydrogens (tertiary/aromatic N) is 7. The molecule has 1 fully saturated rings. The quantitative estimate of drug-likeness (QED) is 0.331. The van der Waals surface area contributed by atoms with E-state index in [9.17, 15) is 27.6 Å². The van der Waals surface area contributed by atoms with Gasteiger partial charge in [0.05, 0.1) is 29.5 Å². The lowest BCUT2D eigenvalue weighted by atomic mass is 9.74. The molecule has 0 saturated carbocycles. The number of hydrogen-bond donors (Lipinski definition) is 1. The molecule has 48 heavy (non-hydrogen) atoms. The molecule has 250 valence electrons. The molecule has 4 aromatic rings. The van der Waals surface area contributed by atoms with Crippen molar-refractivity contribution in [3.8, 4) is 0 Å². The summed E-state index contributed by atoms with van der Waals surface area (Å²) in [5.74, 6) is -0.237. The van der Waals surface area contributed by atoms with E-state index in [4.69, 9.17) is 21.3 Å². The Morgan fingerprint density at radius 1 is 1.10 bits per heavy atom. The number of benzene rings is 1. The molecule has 2 aliphatic heterocycles. The summed E-state index contributed by atoms with van der Waals surface area (Å²) < 4.78 is 47.8. The Labute approximate surface area is 276 Å². The van der Waals surface area contributed by atoms with E-state index < -0.39 is 23.1 Å². The van der Waals surface area contributed by atoms with Crippen LogP contribution >= 0.6 is 11.6 Å². The number of amides is 2. The van der Waals surface area contributed by atoms with Crippen molar-refractivity contribution in [1.29, 1.82) is 0 Å². The molecular weight excluding hydrogens is 653 g/mol. The third-order valence-corrected chi connectivity index (χ3v) is 9.69. The van der Waals surface area contributed by atoms with E-state index in [-0.39, 0.29) is 34.5 Å². The first-order valence-electron chi connectivity index (χ1n) is 15.5. The highest BCUT2D eigenvalue weighted by Crippen LogP contribution is 2.45. The van der Waals surface area contributed by atoms with Crippen molar-refractivity contribution in [2.45, 2.75) is 57.2 Å². The number of rotatable bonds is 5. The topological polar surface area (TPSA) is 137 Å². The molecule has 1 saturated heterocycles. The van der Waals surface area contributed by atoms with Gasteiger partial charge in [-0.1, -0.05) is 17.7 Å². The predicted octanol–water partition coefficient (Wildman–Crippen LogP) is 4.22. The number of fused-ring (bicyclic) bond motifs is 3. The zero-order valence-electron chi connectivity index (χ0n) is 25.8. The highest BCUT2D eigenvalue weighted by Gasteiger charge is 2.46. The molecule has 0 atom stereocenters. The Hall–Kier alpha value is -4.63.